The Balaban J connectivity index is 1.58. The van der Waals surface area contributed by atoms with Crippen LogP contribution in [-0.2, 0) is 4.79 Å². The number of halogens is 1. The molecule has 174 valence electrons. The highest BCUT2D eigenvalue weighted by atomic mass is 35.5. The summed E-state index contributed by atoms with van der Waals surface area (Å²) in [6.45, 7) is 4.88. The van der Waals surface area contributed by atoms with Crippen molar-refractivity contribution in [2.75, 3.05) is 13.2 Å². The number of carbonyl (C=O) groups excluding carboxylic acids is 1. The lowest BCUT2D eigenvalue weighted by atomic mass is 10.1. The molecular weight excluding hydrogens is 476 g/mol. The van der Waals surface area contributed by atoms with Crippen molar-refractivity contribution in [1.29, 1.82) is 0 Å². The summed E-state index contributed by atoms with van der Waals surface area (Å²) in [6, 6.07) is 15.5. The standard InChI is InChI=1S/C25H21ClN2O5S/c1-3-28-23(29)22(34-25(28)27-16-6-8-17(9-7-16)32-4-2)14-18-10-12-21(33-18)15-5-11-20(26)19(13-15)24(30)31/h5-14H,3-4H2,1-2H3,(H,30,31). The zero-order chi connectivity index (χ0) is 24.2. The summed E-state index contributed by atoms with van der Waals surface area (Å²) in [7, 11) is 0. The van der Waals surface area contributed by atoms with Crippen LogP contribution in [-0.4, -0.2) is 40.2 Å². The molecule has 0 unspecified atom stereocenters. The number of nitrogens with zero attached hydrogens (tertiary/aromatic N) is 2. The maximum atomic E-state index is 12.9. The van der Waals surface area contributed by atoms with Gasteiger partial charge in [-0.2, -0.15) is 0 Å². The number of benzene rings is 2. The molecule has 0 saturated carbocycles. The third-order valence-corrected chi connectivity index (χ3v) is 6.29. The molecule has 0 radical (unpaired) electrons. The number of rotatable bonds is 7. The highest BCUT2D eigenvalue weighted by Gasteiger charge is 2.32. The number of amidine groups is 1. The maximum absolute atomic E-state index is 12.9. The van der Waals surface area contributed by atoms with Crippen LogP contribution in [0.15, 0.2) is 68.9 Å². The minimum Gasteiger partial charge on any atom is -0.494 e. The Bertz CT molecular complexity index is 1300. The lowest BCUT2D eigenvalue weighted by molar-refractivity contribution is -0.122. The number of carboxylic acid groups (broad SMARTS) is 1. The summed E-state index contributed by atoms with van der Waals surface area (Å²) in [4.78, 5) is 31.0. The van der Waals surface area contributed by atoms with E-state index in [4.69, 9.17) is 20.8 Å². The number of aliphatic imine (C=N–C) groups is 1. The van der Waals surface area contributed by atoms with Crippen molar-refractivity contribution in [1.82, 2.24) is 4.90 Å². The molecule has 0 spiro atoms. The average molecular weight is 497 g/mol. The summed E-state index contributed by atoms with van der Waals surface area (Å²) >= 11 is 7.22. The first-order chi connectivity index (χ1) is 16.4. The van der Waals surface area contributed by atoms with Crippen LogP contribution < -0.4 is 4.74 Å². The normalized spacial score (nSPS) is 16.0. The Kier molecular flexibility index (Phi) is 7.09. The van der Waals surface area contributed by atoms with Gasteiger partial charge in [-0.1, -0.05) is 11.6 Å². The number of furan rings is 1. The van der Waals surface area contributed by atoms with E-state index in [0.717, 1.165) is 11.4 Å². The Labute approximate surface area is 205 Å². The summed E-state index contributed by atoms with van der Waals surface area (Å²) in [6.07, 6.45) is 1.66. The van der Waals surface area contributed by atoms with Gasteiger partial charge in [0, 0.05) is 18.2 Å². The fourth-order valence-electron chi connectivity index (χ4n) is 3.32. The molecule has 3 aromatic rings. The van der Waals surface area contributed by atoms with E-state index in [1.54, 1.807) is 29.2 Å². The Morgan fingerprint density at radius 2 is 1.94 bits per heavy atom. The number of likely N-dealkylation sites (N-methyl/N-ethyl adjacent to an activating group) is 1. The summed E-state index contributed by atoms with van der Waals surface area (Å²) in [5.41, 5.74) is 1.28. The number of carbonyl (C=O) groups is 2. The van der Waals surface area contributed by atoms with Gasteiger partial charge >= 0.3 is 5.97 Å². The number of carboxylic acids is 1. The molecule has 1 saturated heterocycles. The van der Waals surface area contributed by atoms with Gasteiger partial charge in [-0.05, 0) is 80.2 Å². The maximum Gasteiger partial charge on any atom is 0.337 e. The van der Waals surface area contributed by atoms with E-state index in [2.05, 4.69) is 4.99 Å². The van der Waals surface area contributed by atoms with Crippen LogP contribution in [0.1, 0.15) is 30.0 Å². The largest absolute Gasteiger partial charge is 0.494 e. The van der Waals surface area contributed by atoms with Crippen molar-refractivity contribution in [2.45, 2.75) is 13.8 Å². The summed E-state index contributed by atoms with van der Waals surface area (Å²) in [5.74, 6) is 0.426. The summed E-state index contributed by atoms with van der Waals surface area (Å²) < 4.78 is 11.3. The van der Waals surface area contributed by atoms with Crippen molar-refractivity contribution in [3.8, 4) is 17.1 Å². The van der Waals surface area contributed by atoms with E-state index in [1.165, 1.54) is 23.9 Å². The monoisotopic (exact) mass is 496 g/mol. The molecule has 1 N–H and O–H groups in total. The van der Waals surface area contributed by atoms with Gasteiger partial charge in [-0.3, -0.25) is 9.69 Å². The number of hydrogen-bond acceptors (Lipinski definition) is 6. The number of thioether (sulfide) groups is 1. The smallest absolute Gasteiger partial charge is 0.337 e. The molecule has 0 bridgehead atoms. The number of aromatic carboxylic acids is 1. The second-order valence-corrected chi connectivity index (χ2v) is 8.60. The average Bonchev–Trinajstić information content (AvgIpc) is 3.40. The van der Waals surface area contributed by atoms with Crippen LogP contribution in [0.2, 0.25) is 5.02 Å². The van der Waals surface area contributed by atoms with Gasteiger partial charge < -0.3 is 14.3 Å². The second-order valence-electron chi connectivity index (χ2n) is 7.18. The molecule has 4 rings (SSSR count). The predicted molar refractivity (Wildman–Crippen MR) is 134 cm³/mol. The third-order valence-electron chi connectivity index (χ3n) is 4.96. The van der Waals surface area contributed by atoms with Crippen molar-refractivity contribution in [3.63, 3.8) is 0 Å². The Morgan fingerprint density at radius 1 is 1.18 bits per heavy atom. The van der Waals surface area contributed by atoms with E-state index in [-0.39, 0.29) is 16.5 Å². The van der Waals surface area contributed by atoms with Gasteiger partial charge in [0.05, 0.1) is 27.8 Å². The minimum absolute atomic E-state index is 0.00859. The van der Waals surface area contributed by atoms with E-state index >= 15 is 0 Å². The molecule has 2 aromatic carbocycles. The zero-order valence-electron chi connectivity index (χ0n) is 18.4. The van der Waals surface area contributed by atoms with Gasteiger partial charge in [0.1, 0.15) is 17.3 Å². The molecule has 7 nitrogen and oxygen atoms in total. The first-order valence-electron chi connectivity index (χ1n) is 10.6. The molecule has 1 aromatic heterocycles. The van der Waals surface area contributed by atoms with Gasteiger partial charge in [0.25, 0.3) is 5.91 Å². The Hall–Kier alpha value is -3.49. The summed E-state index contributed by atoms with van der Waals surface area (Å²) in [5, 5.41) is 10.0. The lowest BCUT2D eigenvalue weighted by Crippen LogP contribution is -2.28. The zero-order valence-corrected chi connectivity index (χ0v) is 20.0. The molecule has 2 heterocycles. The van der Waals surface area contributed by atoms with Crippen LogP contribution in [0.5, 0.6) is 5.75 Å². The van der Waals surface area contributed by atoms with Gasteiger partial charge in [-0.15, -0.1) is 0 Å². The van der Waals surface area contributed by atoms with Crippen molar-refractivity contribution < 1.29 is 23.8 Å². The number of amides is 1. The lowest BCUT2D eigenvalue weighted by Gasteiger charge is -2.12. The van der Waals surface area contributed by atoms with Crippen LogP contribution in [0, 0.1) is 0 Å². The minimum atomic E-state index is -1.12. The van der Waals surface area contributed by atoms with Crippen LogP contribution in [0.3, 0.4) is 0 Å². The first-order valence-corrected chi connectivity index (χ1v) is 11.7. The molecule has 1 aliphatic heterocycles. The van der Waals surface area contributed by atoms with Gasteiger partial charge in [-0.25, -0.2) is 9.79 Å². The van der Waals surface area contributed by atoms with E-state index in [9.17, 15) is 14.7 Å². The molecule has 34 heavy (non-hydrogen) atoms. The topological polar surface area (TPSA) is 92.3 Å². The molecule has 0 atom stereocenters. The van der Waals surface area contributed by atoms with Crippen molar-refractivity contribution in [2.24, 2.45) is 4.99 Å². The molecule has 0 aliphatic carbocycles. The Morgan fingerprint density at radius 3 is 2.62 bits per heavy atom. The fraction of sp³-hybridized carbons (Fsp3) is 0.160. The van der Waals surface area contributed by atoms with E-state index in [1.807, 2.05) is 38.1 Å². The van der Waals surface area contributed by atoms with E-state index in [0.29, 0.717) is 40.3 Å². The molecule has 1 fully saturated rings. The van der Waals surface area contributed by atoms with E-state index < -0.39 is 5.97 Å². The predicted octanol–water partition coefficient (Wildman–Crippen LogP) is 6.32. The quantitative estimate of drug-likeness (QED) is 0.385. The van der Waals surface area contributed by atoms with Crippen molar-refractivity contribution in [3.05, 3.63) is 75.8 Å². The fourth-order valence-corrected chi connectivity index (χ4v) is 4.56. The second kappa shape index (κ2) is 10.2. The van der Waals surface area contributed by atoms with Crippen LogP contribution in [0.25, 0.3) is 17.4 Å². The molecular formula is C25H21ClN2O5S. The van der Waals surface area contributed by atoms with Crippen LogP contribution in [0.4, 0.5) is 5.69 Å². The first kappa shape index (κ1) is 23.7. The molecule has 1 amide bonds. The third kappa shape index (κ3) is 5.03. The van der Waals surface area contributed by atoms with Gasteiger partial charge in [0.15, 0.2) is 5.17 Å². The number of ether oxygens (including phenoxy) is 1. The highest BCUT2D eigenvalue weighted by Crippen LogP contribution is 2.35. The highest BCUT2D eigenvalue weighted by molar-refractivity contribution is 8.18. The van der Waals surface area contributed by atoms with Gasteiger partial charge in [0.2, 0.25) is 0 Å². The van der Waals surface area contributed by atoms with Crippen LogP contribution >= 0.6 is 23.4 Å². The number of hydrogen-bond donors (Lipinski definition) is 1. The molecule has 9 heteroatoms. The SMILES string of the molecule is CCOc1ccc(N=C2SC(=Cc3ccc(-c4ccc(Cl)c(C(=O)O)c4)o3)C(=O)N2CC)cc1. The molecule has 1 aliphatic rings. The van der Waals surface area contributed by atoms with Crippen molar-refractivity contribution >= 4 is 52.2 Å².